The van der Waals surface area contributed by atoms with Crippen molar-refractivity contribution in [2.24, 2.45) is 0 Å². The number of fused-ring (bicyclic) bond motifs is 1. The van der Waals surface area contributed by atoms with Crippen molar-refractivity contribution in [1.29, 1.82) is 0 Å². The number of nitrogens with zero attached hydrogens (tertiary/aromatic N) is 2. The van der Waals surface area contributed by atoms with Crippen LogP contribution in [0.25, 0.3) is 0 Å². The fourth-order valence-electron chi connectivity index (χ4n) is 3.64. The summed E-state index contributed by atoms with van der Waals surface area (Å²) in [6.45, 7) is 4.40. The largest absolute Gasteiger partial charge is 0.508 e. The van der Waals surface area contributed by atoms with E-state index in [2.05, 4.69) is 43.7 Å². The maximum atomic E-state index is 11.1. The third-order valence-corrected chi connectivity index (χ3v) is 4.98. The number of aromatic hydroxyl groups is 1. The fraction of sp³-hybridized carbons (Fsp3) is 0.316. The van der Waals surface area contributed by atoms with Crippen LogP contribution in [0.2, 0.25) is 0 Å². The van der Waals surface area contributed by atoms with E-state index in [9.17, 15) is 10.0 Å². The van der Waals surface area contributed by atoms with E-state index in [4.69, 9.17) is 5.21 Å². The molecule has 2 aromatic rings. The summed E-state index contributed by atoms with van der Waals surface area (Å²) in [6, 6.07) is 12.7. The normalized spacial score (nSPS) is 15.5. The van der Waals surface area contributed by atoms with E-state index in [1.54, 1.807) is 0 Å². The zero-order chi connectivity index (χ0) is 17.5. The molecule has 0 atom stereocenters. The predicted molar refractivity (Wildman–Crippen MR) is 91.8 cm³/mol. The maximum absolute atomic E-state index is 11.1. The van der Waals surface area contributed by atoms with Crippen LogP contribution in [0.15, 0.2) is 42.5 Å². The molecule has 1 aliphatic heterocycles. The third kappa shape index (κ3) is 2.56. The van der Waals surface area contributed by atoms with Crippen LogP contribution in [0.5, 0.6) is 5.75 Å². The Morgan fingerprint density at radius 3 is 2.50 bits per heavy atom. The van der Waals surface area contributed by atoms with Crippen LogP contribution in [-0.4, -0.2) is 32.6 Å². The first-order chi connectivity index (χ1) is 11.3. The lowest BCUT2D eigenvalue weighted by Crippen LogP contribution is -2.29. The average molecular weight is 326 g/mol. The molecule has 0 fully saturated rings. The van der Waals surface area contributed by atoms with Gasteiger partial charge in [-0.25, -0.2) is 9.78 Å². The van der Waals surface area contributed by atoms with Crippen LogP contribution in [0.4, 0.5) is 11.4 Å². The molecule has 2 N–H and O–H groups in total. The highest BCUT2D eigenvalue weighted by atomic mass is 16.6. The van der Waals surface area contributed by atoms with Gasteiger partial charge in [-0.05, 0) is 26.3 Å². The predicted octanol–water partition coefficient (Wildman–Crippen LogP) is 3.83. The molecule has 0 amide bonds. The number of aryl methyl sites for hydroxylation is 1. The van der Waals surface area contributed by atoms with Gasteiger partial charge in [-0.15, -0.1) is 0 Å². The summed E-state index contributed by atoms with van der Waals surface area (Å²) in [7, 11) is 2.06. The van der Waals surface area contributed by atoms with E-state index in [0.29, 0.717) is 12.0 Å². The molecule has 0 unspecified atom stereocenters. The number of rotatable bonds is 4. The van der Waals surface area contributed by atoms with Gasteiger partial charge in [0.15, 0.2) is 5.71 Å². The summed E-state index contributed by atoms with van der Waals surface area (Å²) in [5.74, 6) is 0.136. The summed E-state index contributed by atoms with van der Waals surface area (Å²) in [5.41, 5.74) is 4.44. The fourth-order valence-corrected chi connectivity index (χ4v) is 3.64. The highest BCUT2D eigenvalue weighted by Crippen LogP contribution is 2.40. The second kappa shape index (κ2) is 5.74. The molecule has 3 rings (SSSR count). The molecular weight excluding hydrogens is 304 g/mol. The molecule has 0 radical (unpaired) electrons. The van der Waals surface area contributed by atoms with Gasteiger partial charge in [0, 0.05) is 35.7 Å². The van der Waals surface area contributed by atoms with Gasteiger partial charge in [0.2, 0.25) is 5.69 Å². The van der Waals surface area contributed by atoms with Crippen molar-refractivity contribution in [1.82, 2.24) is 0 Å². The van der Waals surface area contributed by atoms with Crippen LogP contribution in [0.3, 0.4) is 0 Å². The molecule has 124 valence electrons. The zero-order valence-corrected chi connectivity index (χ0v) is 14.2. The van der Waals surface area contributed by atoms with Crippen molar-refractivity contribution < 1.29 is 19.8 Å². The van der Waals surface area contributed by atoms with Crippen LogP contribution in [0.1, 0.15) is 31.4 Å². The maximum Gasteiger partial charge on any atom is 0.317 e. The highest BCUT2D eigenvalue weighted by Gasteiger charge is 2.43. The van der Waals surface area contributed by atoms with Gasteiger partial charge < -0.3 is 5.11 Å². The Balaban J connectivity index is 1.90. The Bertz CT molecular complexity index is 853. The lowest BCUT2D eigenvalue weighted by atomic mass is 9.79. The monoisotopic (exact) mass is 326 g/mol. The second-order valence-electron chi connectivity index (χ2n) is 6.73. The molecule has 2 aromatic carbocycles. The van der Waals surface area contributed by atoms with Crippen molar-refractivity contribution in [2.75, 3.05) is 7.05 Å². The summed E-state index contributed by atoms with van der Waals surface area (Å²) in [4.78, 5) is 10.9. The standard InChI is InChI=1S/C19H21N2O3/c1-19(2)15-6-4-5-7-16(15)20(3)18(19)11-8-13-12-14(21(23)24)9-10-17(13)22/h4-7,9-10,12H,8,11H2,1-3H3,(H-,22,23,24)/q+1/p+1. The van der Waals surface area contributed by atoms with Gasteiger partial charge in [-0.2, -0.15) is 0 Å². The molecule has 1 aliphatic rings. The number of hydrogen-bond acceptors (Lipinski definition) is 2. The minimum absolute atomic E-state index is 0.0832. The Kier molecular flexibility index (Phi) is 3.87. The summed E-state index contributed by atoms with van der Waals surface area (Å²) < 4.78 is 2.21. The zero-order valence-electron chi connectivity index (χ0n) is 14.2. The van der Waals surface area contributed by atoms with E-state index in [0.717, 1.165) is 6.42 Å². The van der Waals surface area contributed by atoms with Crippen LogP contribution in [-0.2, 0) is 11.8 Å². The Morgan fingerprint density at radius 2 is 1.83 bits per heavy atom. The van der Waals surface area contributed by atoms with Gasteiger partial charge in [0.25, 0.3) is 4.92 Å². The van der Waals surface area contributed by atoms with Crippen molar-refractivity contribution in [3.8, 4) is 5.75 Å². The Morgan fingerprint density at radius 1 is 1.12 bits per heavy atom. The molecule has 0 saturated carbocycles. The number of benzene rings is 2. The average Bonchev–Trinajstić information content (AvgIpc) is 2.74. The van der Waals surface area contributed by atoms with Crippen molar-refractivity contribution >= 4 is 17.1 Å². The van der Waals surface area contributed by atoms with Gasteiger partial charge in [-0.1, -0.05) is 18.2 Å². The van der Waals surface area contributed by atoms with Crippen molar-refractivity contribution in [3.05, 3.63) is 58.5 Å². The van der Waals surface area contributed by atoms with Crippen LogP contribution < -0.4 is 0 Å². The number of phenols is 1. The number of para-hydroxylation sites is 1. The SMILES string of the molecule is C[N+]1=C(CCc2cc([N+](=O)O)ccc2O)C(C)(C)c2ccccc21. The highest BCUT2D eigenvalue weighted by molar-refractivity contribution is 5.95. The smallest absolute Gasteiger partial charge is 0.317 e. The quantitative estimate of drug-likeness (QED) is 0.663. The molecule has 0 spiro atoms. The summed E-state index contributed by atoms with van der Waals surface area (Å²) in [6.07, 6.45) is 1.34. The minimum atomic E-state index is -0.183. The van der Waals surface area contributed by atoms with E-state index in [1.807, 2.05) is 6.07 Å². The number of phenolic OH excluding ortho intramolecular Hbond substituents is 1. The Labute approximate surface area is 141 Å². The summed E-state index contributed by atoms with van der Waals surface area (Å²) in [5, 5.41) is 19.1. The molecule has 0 saturated heterocycles. The molecule has 0 aliphatic carbocycles. The second-order valence-corrected chi connectivity index (χ2v) is 6.73. The summed E-state index contributed by atoms with van der Waals surface area (Å²) >= 11 is 0. The van der Waals surface area contributed by atoms with Crippen LogP contribution >= 0.6 is 0 Å². The van der Waals surface area contributed by atoms with Gasteiger partial charge in [-0.3, -0.25) is 0 Å². The van der Waals surface area contributed by atoms with Gasteiger partial charge in [0.05, 0.1) is 10.3 Å². The van der Waals surface area contributed by atoms with E-state index in [-0.39, 0.29) is 21.8 Å². The first kappa shape index (κ1) is 16.2. The topological polar surface area (TPSA) is 63.5 Å². The van der Waals surface area contributed by atoms with Crippen LogP contribution in [0, 0.1) is 4.91 Å². The minimum Gasteiger partial charge on any atom is -0.508 e. The molecular formula is C19H22N2O3+2. The first-order valence-electron chi connectivity index (χ1n) is 8.00. The van der Waals surface area contributed by atoms with Crippen molar-refractivity contribution in [2.45, 2.75) is 32.1 Å². The van der Waals surface area contributed by atoms with E-state index in [1.165, 1.54) is 35.2 Å². The molecule has 5 heteroatoms. The molecule has 24 heavy (non-hydrogen) atoms. The Hall–Kier alpha value is -2.69. The lowest BCUT2D eigenvalue weighted by molar-refractivity contribution is -0.729. The molecule has 1 heterocycles. The number of hydrogen-bond donors (Lipinski definition) is 2. The third-order valence-electron chi connectivity index (χ3n) is 4.98. The molecule has 0 bridgehead atoms. The van der Waals surface area contributed by atoms with Gasteiger partial charge >= 0.3 is 5.69 Å². The molecule has 0 aromatic heterocycles. The molecule has 5 nitrogen and oxygen atoms in total. The van der Waals surface area contributed by atoms with Gasteiger partial charge in [0.1, 0.15) is 12.8 Å². The lowest BCUT2D eigenvalue weighted by Gasteiger charge is -2.17. The van der Waals surface area contributed by atoms with E-state index >= 15 is 0 Å². The van der Waals surface area contributed by atoms with Crippen molar-refractivity contribution in [3.63, 3.8) is 0 Å². The first-order valence-corrected chi connectivity index (χ1v) is 8.00. The van der Waals surface area contributed by atoms with E-state index < -0.39 is 0 Å².